The lowest BCUT2D eigenvalue weighted by Crippen LogP contribution is -2.42. The molecule has 3 rings (SSSR count). The molecule has 1 aromatic heterocycles. The summed E-state index contributed by atoms with van der Waals surface area (Å²) in [6.45, 7) is 0.716. The molecule has 2 N–H and O–H groups in total. The number of aromatic nitrogens is 2. The van der Waals surface area contributed by atoms with Gasteiger partial charge in [-0.15, -0.1) is 0 Å². The fourth-order valence-electron chi connectivity index (χ4n) is 2.75. The molecule has 3 nitrogen and oxygen atoms in total. The molecule has 0 spiro atoms. The smallest absolute Gasteiger partial charge is 0.0777 e. The third-order valence-corrected chi connectivity index (χ3v) is 3.96. The molecule has 1 aromatic carbocycles. The van der Waals surface area contributed by atoms with Crippen LogP contribution in [0.1, 0.15) is 25.0 Å². The van der Waals surface area contributed by atoms with E-state index in [1.807, 2.05) is 11.7 Å². The van der Waals surface area contributed by atoms with Gasteiger partial charge in [-0.05, 0) is 18.9 Å². The fraction of sp³-hybridized carbons (Fsp3) is 0.462. The molecule has 0 bridgehead atoms. The average molecular weight is 215 g/mol. The average Bonchev–Trinajstić information content (AvgIpc) is 2.58. The summed E-state index contributed by atoms with van der Waals surface area (Å²) in [5, 5.41) is 5.96. The second kappa shape index (κ2) is 3.32. The van der Waals surface area contributed by atoms with E-state index in [2.05, 4.69) is 24.3 Å². The van der Waals surface area contributed by atoms with Crippen LogP contribution in [0.5, 0.6) is 0 Å². The van der Waals surface area contributed by atoms with Crippen LogP contribution in [-0.4, -0.2) is 16.3 Å². The molecule has 1 heterocycles. The van der Waals surface area contributed by atoms with Crippen molar-refractivity contribution in [2.45, 2.75) is 24.7 Å². The number of para-hydroxylation sites is 1. The van der Waals surface area contributed by atoms with Crippen molar-refractivity contribution < 1.29 is 0 Å². The van der Waals surface area contributed by atoms with E-state index in [9.17, 15) is 0 Å². The number of hydrogen-bond donors (Lipinski definition) is 1. The van der Waals surface area contributed by atoms with Crippen LogP contribution in [0.15, 0.2) is 24.3 Å². The molecule has 1 saturated carbocycles. The summed E-state index contributed by atoms with van der Waals surface area (Å²) in [6, 6.07) is 8.42. The quantitative estimate of drug-likeness (QED) is 0.832. The SMILES string of the molecule is Cn1nc(C2(CN)CCC2)c2ccccc21. The van der Waals surface area contributed by atoms with E-state index in [0.717, 1.165) is 0 Å². The lowest BCUT2D eigenvalue weighted by molar-refractivity contribution is 0.246. The van der Waals surface area contributed by atoms with Gasteiger partial charge in [-0.2, -0.15) is 5.10 Å². The van der Waals surface area contributed by atoms with Crippen LogP contribution < -0.4 is 5.73 Å². The number of nitrogens with two attached hydrogens (primary N) is 1. The predicted octanol–water partition coefficient (Wildman–Crippen LogP) is 1.95. The zero-order valence-corrected chi connectivity index (χ0v) is 9.61. The highest BCUT2D eigenvalue weighted by Gasteiger charge is 2.40. The number of hydrogen-bond acceptors (Lipinski definition) is 2. The highest BCUT2D eigenvalue weighted by atomic mass is 15.3. The van der Waals surface area contributed by atoms with Crippen molar-refractivity contribution in [1.82, 2.24) is 9.78 Å². The molecule has 1 fully saturated rings. The molecule has 0 saturated heterocycles. The maximum absolute atomic E-state index is 5.95. The predicted molar refractivity (Wildman–Crippen MR) is 65.3 cm³/mol. The number of aryl methyl sites for hydroxylation is 1. The van der Waals surface area contributed by atoms with E-state index in [4.69, 9.17) is 10.8 Å². The summed E-state index contributed by atoms with van der Waals surface area (Å²) in [7, 11) is 2.01. The third kappa shape index (κ3) is 1.15. The van der Waals surface area contributed by atoms with Crippen LogP contribution in [0.4, 0.5) is 0 Å². The van der Waals surface area contributed by atoms with Gasteiger partial charge in [0.05, 0.1) is 11.2 Å². The Hall–Kier alpha value is -1.35. The molecule has 3 heteroatoms. The molecule has 1 aliphatic rings. The Morgan fingerprint density at radius 2 is 2.12 bits per heavy atom. The van der Waals surface area contributed by atoms with Gasteiger partial charge in [0, 0.05) is 24.4 Å². The molecule has 0 unspecified atom stereocenters. The van der Waals surface area contributed by atoms with Crippen LogP contribution in [-0.2, 0) is 12.5 Å². The third-order valence-electron chi connectivity index (χ3n) is 3.96. The van der Waals surface area contributed by atoms with E-state index in [1.165, 1.54) is 35.9 Å². The Kier molecular flexibility index (Phi) is 2.04. The standard InChI is InChI=1S/C13H17N3/c1-16-11-6-3-2-5-10(11)12(15-16)13(9-14)7-4-8-13/h2-3,5-6H,4,7-9,14H2,1H3. The first-order valence-electron chi connectivity index (χ1n) is 5.89. The minimum Gasteiger partial charge on any atom is -0.330 e. The highest BCUT2D eigenvalue weighted by molar-refractivity contribution is 5.83. The lowest BCUT2D eigenvalue weighted by Gasteiger charge is -2.39. The van der Waals surface area contributed by atoms with Crippen molar-refractivity contribution in [3.63, 3.8) is 0 Å². The number of fused-ring (bicyclic) bond motifs is 1. The van der Waals surface area contributed by atoms with Crippen molar-refractivity contribution in [3.05, 3.63) is 30.0 Å². The summed E-state index contributed by atoms with van der Waals surface area (Å²) >= 11 is 0. The number of rotatable bonds is 2. The molecule has 0 radical (unpaired) electrons. The minimum absolute atomic E-state index is 0.154. The Morgan fingerprint density at radius 1 is 1.38 bits per heavy atom. The first-order valence-corrected chi connectivity index (χ1v) is 5.89. The van der Waals surface area contributed by atoms with Crippen molar-refractivity contribution in [2.24, 2.45) is 12.8 Å². The van der Waals surface area contributed by atoms with E-state index in [0.29, 0.717) is 6.54 Å². The second-order valence-corrected chi connectivity index (χ2v) is 4.83. The Balaban J connectivity index is 2.24. The topological polar surface area (TPSA) is 43.8 Å². The van der Waals surface area contributed by atoms with Crippen LogP contribution in [0, 0.1) is 0 Å². The molecular weight excluding hydrogens is 198 g/mol. The van der Waals surface area contributed by atoms with Gasteiger partial charge in [-0.25, -0.2) is 0 Å². The summed E-state index contributed by atoms with van der Waals surface area (Å²) in [5.41, 5.74) is 8.52. The maximum atomic E-state index is 5.95. The Labute approximate surface area is 95.2 Å². The zero-order chi connectivity index (χ0) is 11.2. The molecule has 1 aliphatic carbocycles. The molecule has 0 aliphatic heterocycles. The molecule has 2 aromatic rings. The summed E-state index contributed by atoms with van der Waals surface area (Å²) in [4.78, 5) is 0. The van der Waals surface area contributed by atoms with Gasteiger partial charge in [-0.1, -0.05) is 24.6 Å². The van der Waals surface area contributed by atoms with Gasteiger partial charge in [-0.3, -0.25) is 4.68 Å². The fourth-order valence-corrected chi connectivity index (χ4v) is 2.75. The van der Waals surface area contributed by atoms with Crippen molar-refractivity contribution >= 4 is 10.9 Å². The maximum Gasteiger partial charge on any atom is 0.0777 e. The molecule has 0 atom stereocenters. The van der Waals surface area contributed by atoms with E-state index < -0.39 is 0 Å². The largest absolute Gasteiger partial charge is 0.330 e. The molecule has 84 valence electrons. The van der Waals surface area contributed by atoms with Crippen molar-refractivity contribution in [2.75, 3.05) is 6.54 Å². The van der Waals surface area contributed by atoms with Gasteiger partial charge < -0.3 is 5.73 Å². The van der Waals surface area contributed by atoms with Gasteiger partial charge in [0.2, 0.25) is 0 Å². The molecule has 0 amide bonds. The van der Waals surface area contributed by atoms with E-state index in [-0.39, 0.29) is 5.41 Å². The van der Waals surface area contributed by atoms with E-state index in [1.54, 1.807) is 0 Å². The molecule has 16 heavy (non-hydrogen) atoms. The monoisotopic (exact) mass is 215 g/mol. The first-order chi connectivity index (χ1) is 7.77. The zero-order valence-electron chi connectivity index (χ0n) is 9.61. The second-order valence-electron chi connectivity index (χ2n) is 4.83. The summed E-state index contributed by atoms with van der Waals surface area (Å²) < 4.78 is 1.97. The normalized spacial score (nSPS) is 18.6. The Morgan fingerprint density at radius 3 is 2.75 bits per heavy atom. The van der Waals surface area contributed by atoms with Crippen LogP contribution in [0.25, 0.3) is 10.9 Å². The van der Waals surface area contributed by atoms with Crippen molar-refractivity contribution in [3.8, 4) is 0 Å². The van der Waals surface area contributed by atoms with Crippen LogP contribution in [0.3, 0.4) is 0 Å². The van der Waals surface area contributed by atoms with Gasteiger partial charge in [0.1, 0.15) is 0 Å². The Bertz CT molecular complexity index is 517. The van der Waals surface area contributed by atoms with Gasteiger partial charge in [0.25, 0.3) is 0 Å². The van der Waals surface area contributed by atoms with Crippen LogP contribution in [0.2, 0.25) is 0 Å². The van der Waals surface area contributed by atoms with Crippen molar-refractivity contribution in [1.29, 1.82) is 0 Å². The minimum atomic E-state index is 0.154. The van der Waals surface area contributed by atoms with Gasteiger partial charge >= 0.3 is 0 Å². The van der Waals surface area contributed by atoms with Crippen LogP contribution >= 0.6 is 0 Å². The number of nitrogens with zero attached hydrogens (tertiary/aromatic N) is 2. The lowest BCUT2D eigenvalue weighted by atomic mass is 9.66. The highest BCUT2D eigenvalue weighted by Crippen LogP contribution is 2.44. The molecular formula is C13H17N3. The number of benzene rings is 1. The van der Waals surface area contributed by atoms with E-state index >= 15 is 0 Å². The first kappa shape index (κ1) is 9.85. The summed E-state index contributed by atoms with van der Waals surface area (Å²) in [6.07, 6.45) is 3.65. The van der Waals surface area contributed by atoms with Gasteiger partial charge in [0.15, 0.2) is 0 Å². The summed E-state index contributed by atoms with van der Waals surface area (Å²) in [5.74, 6) is 0.